The van der Waals surface area contributed by atoms with Crippen LogP contribution >= 0.6 is 11.6 Å². The molecule has 2 aromatic rings. The molecular formula is C19H18ClF3N2O5S. The number of alkyl halides is 3. The summed E-state index contributed by atoms with van der Waals surface area (Å²) in [6.07, 6.45) is -6.20. The van der Waals surface area contributed by atoms with Crippen molar-refractivity contribution in [2.45, 2.75) is 24.1 Å². The Hall–Kier alpha value is -2.79. The number of halogens is 4. The number of hydrogen-bond donors (Lipinski definition) is 1. The van der Waals surface area contributed by atoms with Gasteiger partial charge in [-0.3, -0.25) is 9.10 Å². The average Bonchev–Trinajstić information content (AvgIpc) is 2.71. The Morgan fingerprint density at radius 2 is 1.77 bits per heavy atom. The third kappa shape index (κ3) is 6.34. The van der Waals surface area contributed by atoms with Crippen molar-refractivity contribution in [2.24, 2.45) is 0 Å². The number of ether oxygens (including phenoxy) is 1. The summed E-state index contributed by atoms with van der Waals surface area (Å²) < 4.78 is 68.2. The molecule has 1 N–H and O–H groups in total. The van der Waals surface area contributed by atoms with Gasteiger partial charge >= 0.3 is 12.1 Å². The maximum absolute atomic E-state index is 12.9. The number of sulfonamides is 1. The number of para-hydroxylation sites is 1. The van der Waals surface area contributed by atoms with Crippen molar-refractivity contribution in [2.75, 3.05) is 17.9 Å². The Kier molecular flexibility index (Phi) is 7.55. The van der Waals surface area contributed by atoms with Gasteiger partial charge in [-0.15, -0.1) is 0 Å². The van der Waals surface area contributed by atoms with Gasteiger partial charge in [0.2, 0.25) is 0 Å². The van der Waals surface area contributed by atoms with Gasteiger partial charge in [-0.05, 0) is 37.3 Å². The molecule has 1 unspecified atom stereocenters. The zero-order valence-corrected chi connectivity index (χ0v) is 17.9. The molecule has 0 bridgehead atoms. The number of anilines is 1. The molecular weight excluding hydrogens is 461 g/mol. The first-order valence-corrected chi connectivity index (χ1v) is 10.5. The molecule has 0 aromatic heterocycles. The largest absolute Gasteiger partial charge is 0.449 e. The minimum Gasteiger partial charge on any atom is -0.449 e. The molecule has 2 aromatic carbocycles. The fourth-order valence-electron chi connectivity index (χ4n) is 2.36. The fraction of sp³-hybridized carbons (Fsp3) is 0.263. The molecule has 0 aliphatic carbocycles. The van der Waals surface area contributed by atoms with E-state index in [1.165, 1.54) is 13.1 Å². The van der Waals surface area contributed by atoms with E-state index in [-0.39, 0.29) is 15.5 Å². The molecule has 0 spiro atoms. The van der Waals surface area contributed by atoms with E-state index in [0.717, 1.165) is 23.4 Å². The number of rotatable bonds is 7. The van der Waals surface area contributed by atoms with Gasteiger partial charge in [0.15, 0.2) is 6.10 Å². The normalized spacial score (nSPS) is 12.7. The van der Waals surface area contributed by atoms with Gasteiger partial charge in [0.25, 0.3) is 15.9 Å². The lowest BCUT2D eigenvalue weighted by Gasteiger charge is -2.20. The van der Waals surface area contributed by atoms with Crippen LogP contribution in [-0.2, 0) is 19.6 Å². The van der Waals surface area contributed by atoms with Crippen LogP contribution in [-0.4, -0.2) is 46.2 Å². The van der Waals surface area contributed by atoms with Gasteiger partial charge in [-0.25, -0.2) is 13.2 Å². The molecule has 0 saturated carbocycles. The molecule has 0 fully saturated rings. The number of nitrogens with one attached hydrogen (secondary N) is 1. The third-order valence-corrected chi connectivity index (χ3v) is 6.16. The summed E-state index contributed by atoms with van der Waals surface area (Å²) in [6.45, 7) is -0.519. The molecule has 12 heteroatoms. The van der Waals surface area contributed by atoms with Gasteiger partial charge < -0.3 is 10.1 Å². The second-order valence-electron chi connectivity index (χ2n) is 6.33. The number of esters is 1. The maximum atomic E-state index is 12.9. The first-order valence-electron chi connectivity index (χ1n) is 8.72. The minimum atomic E-state index is -4.63. The van der Waals surface area contributed by atoms with Crippen LogP contribution in [0.4, 0.5) is 18.9 Å². The van der Waals surface area contributed by atoms with Crippen molar-refractivity contribution in [1.82, 2.24) is 5.32 Å². The molecule has 0 aliphatic heterocycles. The third-order valence-electron chi connectivity index (χ3n) is 4.05. The fourth-order valence-corrected chi connectivity index (χ4v) is 3.78. The van der Waals surface area contributed by atoms with Crippen LogP contribution in [0.3, 0.4) is 0 Å². The lowest BCUT2D eigenvalue weighted by Crippen LogP contribution is -2.40. The van der Waals surface area contributed by atoms with Crippen LogP contribution < -0.4 is 9.62 Å². The first kappa shape index (κ1) is 24.5. The Bertz CT molecular complexity index is 1060. The number of amides is 1. The summed E-state index contributed by atoms with van der Waals surface area (Å²) in [4.78, 5) is 23.8. The molecule has 2 rings (SSSR count). The molecule has 1 amide bonds. The van der Waals surface area contributed by atoms with Gasteiger partial charge in [-0.1, -0.05) is 29.8 Å². The molecule has 168 valence electrons. The van der Waals surface area contributed by atoms with E-state index in [4.69, 9.17) is 16.3 Å². The number of hydrogen-bond acceptors (Lipinski definition) is 5. The van der Waals surface area contributed by atoms with E-state index >= 15 is 0 Å². The topological polar surface area (TPSA) is 92.8 Å². The predicted molar refractivity (Wildman–Crippen MR) is 107 cm³/mol. The van der Waals surface area contributed by atoms with Crippen LogP contribution in [0.2, 0.25) is 5.02 Å². The smallest absolute Gasteiger partial charge is 0.405 e. The number of benzene rings is 2. The summed E-state index contributed by atoms with van der Waals surface area (Å²) in [7, 11) is -2.75. The lowest BCUT2D eigenvalue weighted by atomic mass is 10.2. The highest BCUT2D eigenvalue weighted by Gasteiger charge is 2.30. The molecule has 0 radical (unpaired) electrons. The Labute approximate surface area is 181 Å². The van der Waals surface area contributed by atoms with E-state index in [0.29, 0.717) is 5.69 Å². The van der Waals surface area contributed by atoms with Crippen LogP contribution in [0, 0.1) is 0 Å². The zero-order chi connectivity index (χ0) is 23.4. The summed E-state index contributed by atoms with van der Waals surface area (Å²) in [6, 6.07) is 11.5. The van der Waals surface area contributed by atoms with Gasteiger partial charge in [0.1, 0.15) is 6.54 Å². The number of carbonyl (C=O) groups is 2. The van der Waals surface area contributed by atoms with Crippen molar-refractivity contribution in [1.29, 1.82) is 0 Å². The van der Waals surface area contributed by atoms with E-state index in [2.05, 4.69) is 0 Å². The highest BCUT2D eigenvalue weighted by atomic mass is 35.5. The number of carbonyl (C=O) groups excluding carboxylic acids is 2. The molecule has 0 saturated heterocycles. The Morgan fingerprint density at radius 1 is 1.16 bits per heavy atom. The van der Waals surface area contributed by atoms with Crippen LogP contribution in [0.25, 0.3) is 0 Å². The maximum Gasteiger partial charge on any atom is 0.405 e. The van der Waals surface area contributed by atoms with Gasteiger partial charge in [0.05, 0.1) is 21.2 Å². The van der Waals surface area contributed by atoms with Crippen molar-refractivity contribution >= 4 is 39.2 Å². The van der Waals surface area contributed by atoms with Crippen molar-refractivity contribution < 1.29 is 35.9 Å². The second-order valence-corrected chi connectivity index (χ2v) is 8.71. The van der Waals surface area contributed by atoms with Crippen LogP contribution in [0.1, 0.15) is 17.3 Å². The van der Waals surface area contributed by atoms with Crippen molar-refractivity contribution in [3.05, 3.63) is 59.1 Å². The summed E-state index contributed by atoms with van der Waals surface area (Å²) in [5.41, 5.74) is 0.0104. The Balaban J connectivity index is 2.22. The summed E-state index contributed by atoms with van der Waals surface area (Å²) in [5, 5.41) is 1.43. The molecule has 7 nitrogen and oxygen atoms in total. The number of nitrogens with zero attached hydrogens (tertiary/aromatic N) is 1. The van der Waals surface area contributed by atoms with Crippen LogP contribution in [0.15, 0.2) is 53.4 Å². The monoisotopic (exact) mass is 478 g/mol. The zero-order valence-electron chi connectivity index (χ0n) is 16.3. The van der Waals surface area contributed by atoms with Crippen molar-refractivity contribution in [3.8, 4) is 0 Å². The van der Waals surface area contributed by atoms with Gasteiger partial charge in [-0.2, -0.15) is 13.2 Å². The lowest BCUT2D eigenvalue weighted by molar-refractivity contribution is -0.143. The standard InChI is InChI=1S/C19H18ClF3N2O5S/c1-12(17(26)24-11-19(21,22)23)30-18(27)15-10-14(8-9-16(15)20)31(28,29)25(2)13-6-4-3-5-7-13/h3-10,12H,11H2,1-2H3,(H,24,26). The minimum absolute atomic E-state index is 0.158. The first-order chi connectivity index (χ1) is 14.3. The second kappa shape index (κ2) is 9.56. The summed E-state index contributed by atoms with van der Waals surface area (Å²) in [5.74, 6) is -2.34. The molecule has 0 heterocycles. The average molecular weight is 479 g/mol. The van der Waals surface area contributed by atoms with E-state index < -0.39 is 40.7 Å². The highest BCUT2D eigenvalue weighted by molar-refractivity contribution is 7.92. The molecule has 31 heavy (non-hydrogen) atoms. The van der Waals surface area contributed by atoms with Gasteiger partial charge in [0, 0.05) is 7.05 Å². The highest BCUT2D eigenvalue weighted by Crippen LogP contribution is 2.26. The van der Waals surface area contributed by atoms with Crippen molar-refractivity contribution in [3.63, 3.8) is 0 Å². The predicted octanol–water partition coefficient (Wildman–Crippen LogP) is 3.39. The van der Waals surface area contributed by atoms with Crippen LogP contribution in [0.5, 0.6) is 0 Å². The Morgan fingerprint density at radius 3 is 2.35 bits per heavy atom. The molecule has 1 atom stereocenters. The summed E-state index contributed by atoms with van der Waals surface area (Å²) >= 11 is 5.96. The van der Waals surface area contributed by atoms with E-state index in [1.807, 2.05) is 0 Å². The SMILES string of the molecule is CC(OC(=O)c1cc(S(=O)(=O)N(C)c2ccccc2)ccc1Cl)C(=O)NCC(F)(F)F. The quantitative estimate of drug-likeness (QED) is 0.616. The molecule has 0 aliphatic rings. The van der Waals surface area contributed by atoms with E-state index in [9.17, 15) is 31.2 Å². The van der Waals surface area contributed by atoms with E-state index in [1.54, 1.807) is 35.6 Å².